The van der Waals surface area contributed by atoms with Gasteiger partial charge in [-0.2, -0.15) is 0 Å². The molecule has 2 nitrogen and oxygen atoms in total. The van der Waals surface area contributed by atoms with Gasteiger partial charge in [0, 0.05) is 24.7 Å². The van der Waals surface area contributed by atoms with E-state index in [0.29, 0.717) is 6.54 Å². The number of hydrogen-bond acceptors (Lipinski definition) is 2. The van der Waals surface area contributed by atoms with Crippen LogP contribution < -0.4 is 5.73 Å². The summed E-state index contributed by atoms with van der Waals surface area (Å²) >= 11 is 0. The van der Waals surface area contributed by atoms with Crippen LogP contribution >= 0.6 is 0 Å². The molecule has 1 aliphatic rings. The second-order valence-electron chi connectivity index (χ2n) is 5.48. The first-order chi connectivity index (χ1) is 9.10. The third-order valence-corrected chi connectivity index (χ3v) is 3.57. The molecule has 0 spiro atoms. The minimum Gasteiger partial charge on any atom is -0.323 e. The summed E-state index contributed by atoms with van der Waals surface area (Å²) in [6.45, 7) is 4.69. The average molecular weight is 268 g/mol. The van der Waals surface area contributed by atoms with Crippen molar-refractivity contribution in [2.45, 2.75) is 32.2 Å². The molecule has 106 valence electrons. The van der Waals surface area contributed by atoms with E-state index < -0.39 is 17.7 Å². The van der Waals surface area contributed by atoms with Crippen molar-refractivity contribution >= 4 is 0 Å². The molecule has 0 aromatic heterocycles. The van der Waals surface area contributed by atoms with Crippen LogP contribution in [0.25, 0.3) is 0 Å². The Morgan fingerprint density at radius 1 is 1.37 bits per heavy atom. The predicted octanol–water partition coefficient (Wildman–Crippen LogP) is 3.09. The summed E-state index contributed by atoms with van der Waals surface area (Å²) in [5.74, 6) is -0.0797. The fraction of sp³-hybridized carbons (Fsp3) is 0.600. The Balaban J connectivity index is 2.00. The lowest BCUT2D eigenvalue weighted by Crippen LogP contribution is -2.34. The molecule has 4 heteroatoms. The van der Waals surface area contributed by atoms with Gasteiger partial charge in [-0.15, -0.1) is 0 Å². The van der Waals surface area contributed by atoms with Gasteiger partial charge < -0.3 is 10.6 Å². The highest BCUT2D eigenvalue weighted by Gasteiger charge is 2.25. The van der Waals surface area contributed by atoms with Gasteiger partial charge in [-0.25, -0.2) is 8.78 Å². The largest absolute Gasteiger partial charge is 0.323 e. The van der Waals surface area contributed by atoms with Gasteiger partial charge in [-0.05, 0) is 49.9 Å². The monoisotopic (exact) mass is 268 g/mol. The van der Waals surface area contributed by atoms with Crippen LogP contribution in [-0.2, 0) is 0 Å². The molecule has 2 N–H and O–H groups in total. The molecule has 0 saturated heterocycles. The van der Waals surface area contributed by atoms with Gasteiger partial charge in [0.05, 0.1) is 0 Å². The van der Waals surface area contributed by atoms with Gasteiger partial charge >= 0.3 is 0 Å². The van der Waals surface area contributed by atoms with E-state index in [1.54, 1.807) is 0 Å². The summed E-state index contributed by atoms with van der Waals surface area (Å²) in [5, 5.41) is 0. The van der Waals surface area contributed by atoms with Crippen LogP contribution in [0.2, 0.25) is 0 Å². The van der Waals surface area contributed by atoms with Crippen LogP contribution in [0.5, 0.6) is 0 Å². The minimum atomic E-state index is -0.471. The summed E-state index contributed by atoms with van der Waals surface area (Å²) in [4.78, 5) is 2.27. The van der Waals surface area contributed by atoms with E-state index in [1.165, 1.54) is 18.9 Å². The minimum absolute atomic E-state index is 0.275. The van der Waals surface area contributed by atoms with Crippen molar-refractivity contribution in [2.24, 2.45) is 11.7 Å². The quantitative estimate of drug-likeness (QED) is 0.823. The third-order valence-electron chi connectivity index (χ3n) is 3.57. The molecule has 1 saturated carbocycles. The Hall–Kier alpha value is -1.00. The summed E-state index contributed by atoms with van der Waals surface area (Å²) in [7, 11) is 0. The Morgan fingerprint density at radius 2 is 2.11 bits per heavy atom. The zero-order valence-electron chi connectivity index (χ0n) is 11.4. The van der Waals surface area contributed by atoms with Gasteiger partial charge in [0.1, 0.15) is 11.6 Å². The second-order valence-corrected chi connectivity index (χ2v) is 5.48. The summed E-state index contributed by atoms with van der Waals surface area (Å²) in [5.41, 5.74) is 6.32. The van der Waals surface area contributed by atoms with Crippen molar-refractivity contribution in [3.63, 3.8) is 0 Å². The second kappa shape index (κ2) is 6.44. The molecule has 1 unspecified atom stereocenters. The van der Waals surface area contributed by atoms with Crippen LogP contribution in [-0.4, -0.2) is 24.5 Å². The fourth-order valence-corrected chi connectivity index (χ4v) is 2.41. The van der Waals surface area contributed by atoms with Crippen LogP contribution in [0.15, 0.2) is 18.2 Å². The van der Waals surface area contributed by atoms with Gasteiger partial charge in [-0.1, -0.05) is 6.92 Å². The van der Waals surface area contributed by atoms with E-state index in [4.69, 9.17) is 5.73 Å². The third kappa shape index (κ3) is 4.25. The SMILES string of the molecule is CCCN(CC1CC1)CC(N)c1cc(F)ccc1F. The molecule has 1 aromatic rings. The van der Waals surface area contributed by atoms with E-state index in [2.05, 4.69) is 11.8 Å². The van der Waals surface area contributed by atoms with Crippen LogP contribution in [0, 0.1) is 17.6 Å². The Labute approximate surface area is 113 Å². The molecular formula is C15H22F2N2. The molecule has 1 atom stereocenters. The zero-order chi connectivity index (χ0) is 13.8. The smallest absolute Gasteiger partial charge is 0.128 e. The zero-order valence-corrected chi connectivity index (χ0v) is 11.4. The molecule has 0 heterocycles. The lowest BCUT2D eigenvalue weighted by molar-refractivity contribution is 0.246. The van der Waals surface area contributed by atoms with E-state index in [-0.39, 0.29) is 5.56 Å². The van der Waals surface area contributed by atoms with Gasteiger partial charge in [0.15, 0.2) is 0 Å². The molecule has 0 amide bonds. The van der Waals surface area contributed by atoms with Crippen LogP contribution in [0.1, 0.15) is 37.8 Å². The maximum Gasteiger partial charge on any atom is 0.128 e. The van der Waals surface area contributed by atoms with Crippen molar-refractivity contribution < 1.29 is 8.78 Å². The first kappa shape index (κ1) is 14.4. The number of nitrogens with zero attached hydrogens (tertiary/aromatic N) is 1. The molecule has 19 heavy (non-hydrogen) atoms. The number of rotatable bonds is 7. The highest BCUT2D eigenvalue weighted by Crippen LogP contribution is 2.30. The van der Waals surface area contributed by atoms with E-state index >= 15 is 0 Å². The number of hydrogen-bond donors (Lipinski definition) is 1. The topological polar surface area (TPSA) is 29.3 Å². The van der Waals surface area contributed by atoms with Crippen molar-refractivity contribution in [1.82, 2.24) is 4.90 Å². The number of nitrogens with two attached hydrogens (primary N) is 1. The first-order valence-electron chi connectivity index (χ1n) is 7.03. The standard InChI is InChI=1S/C15H22F2N2/c1-2-7-19(9-11-3-4-11)10-15(18)13-8-12(16)5-6-14(13)17/h5-6,8,11,15H,2-4,7,9-10,18H2,1H3. The molecule has 0 radical (unpaired) electrons. The molecular weight excluding hydrogens is 246 g/mol. The lowest BCUT2D eigenvalue weighted by Gasteiger charge is -2.25. The highest BCUT2D eigenvalue weighted by atomic mass is 19.1. The van der Waals surface area contributed by atoms with E-state index in [1.807, 2.05) is 0 Å². The maximum atomic E-state index is 13.7. The van der Waals surface area contributed by atoms with Crippen LogP contribution in [0.4, 0.5) is 8.78 Å². The van der Waals surface area contributed by atoms with E-state index in [0.717, 1.165) is 37.6 Å². The number of benzene rings is 1. The van der Waals surface area contributed by atoms with Crippen molar-refractivity contribution in [1.29, 1.82) is 0 Å². The maximum absolute atomic E-state index is 13.7. The normalized spacial score (nSPS) is 16.9. The highest BCUT2D eigenvalue weighted by molar-refractivity contribution is 5.22. The van der Waals surface area contributed by atoms with E-state index in [9.17, 15) is 8.78 Å². The fourth-order valence-electron chi connectivity index (χ4n) is 2.41. The Bertz CT molecular complexity index is 419. The van der Waals surface area contributed by atoms with Crippen molar-refractivity contribution in [2.75, 3.05) is 19.6 Å². The van der Waals surface area contributed by atoms with Crippen molar-refractivity contribution in [3.8, 4) is 0 Å². The molecule has 0 aliphatic heterocycles. The summed E-state index contributed by atoms with van der Waals surface area (Å²) < 4.78 is 26.8. The molecule has 0 bridgehead atoms. The molecule has 1 aromatic carbocycles. The predicted molar refractivity (Wildman–Crippen MR) is 72.7 cm³/mol. The van der Waals surface area contributed by atoms with Crippen LogP contribution in [0.3, 0.4) is 0 Å². The summed E-state index contributed by atoms with van der Waals surface area (Å²) in [6, 6.07) is 3.01. The van der Waals surface area contributed by atoms with Gasteiger partial charge in [0.25, 0.3) is 0 Å². The van der Waals surface area contributed by atoms with Crippen molar-refractivity contribution in [3.05, 3.63) is 35.4 Å². The Morgan fingerprint density at radius 3 is 2.74 bits per heavy atom. The molecule has 2 rings (SSSR count). The summed E-state index contributed by atoms with van der Waals surface area (Å²) in [6.07, 6.45) is 3.61. The number of halogens is 2. The van der Waals surface area contributed by atoms with Gasteiger partial charge in [0.2, 0.25) is 0 Å². The average Bonchev–Trinajstić information content (AvgIpc) is 3.16. The lowest BCUT2D eigenvalue weighted by atomic mass is 10.1. The molecule has 1 fully saturated rings. The first-order valence-corrected chi connectivity index (χ1v) is 7.03. The molecule has 1 aliphatic carbocycles. The van der Waals surface area contributed by atoms with Gasteiger partial charge in [-0.3, -0.25) is 0 Å². The Kier molecular flexibility index (Phi) is 4.88.